The fourth-order valence-corrected chi connectivity index (χ4v) is 3.54. The topological polar surface area (TPSA) is 62.7 Å². The fourth-order valence-electron chi connectivity index (χ4n) is 3.54. The van der Waals surface area contributed by atoms with Crippen molar-refractivity contribution in [2.45, 2.75) is 88.9 Å². The van der Waals surface area contributed by atoms with Crippen molar-refractivity contribution in [2.75, 3.05) is 19.8 Å². The summed E-state index contributed by atoms with van der Waals surface area (Å²) >= 11 is 0. The summed E-state index contributed by atoms with van der Waals surface area (Å²) in [4.78, 5) is 8.74. The predicted octanol–water partition coefficient (Wildman–Crippen LogP) is 8.80. The molecule has 2 aromatic rings. The molecule has 0 unspecified atom stereocenters. The summed E-state index contributed by atoms with van der Waals surface area (Å²) < 4.78 is 155. The highest BCUT2D eigenvalue weighted by molar-refractivity contribution is 5.55. The molecule has 0 spiro atoms. The maximum Gasteiger partial charge on any atom is 0.483 e. The SMILES string of the molecule is CCCCCCCCc1cnc(-c2ccc(OCCCOCC(F)(F)OC(F)(F)C(F)(F)OC(F)(F)C(F)(F)F)cc2)nc1. The van der Waals surface area contributed by atoms with E-state index < -0.39 is 43.8 Å². The van der Waals surface area contributed by atoms with Gasteiger partial charge < -0.3 is 9.47 Å². The lowest BCUT2D eigenvalue weighted by atomic mass is 10.1. The van der Waals surface area contributed by atoms with Gasteiger partial charge in [0.05, 0.1) is 13.2 Å². The number of benzene rings is 1. The first-order valence-corrected chi connectivity index (χ1v) is 13.5. The third-order valence-electron chi connectivity index (χ3n) is 5.81. The average molecular weight is 657 g/mol. The van der Waals surface area contributed by atoms with Crippen molar-refractivity contribution in [1.29, 1.82) is 0 Å². The van der Waals surface area contributed by atoms with Gasteiger partial charge in [-0.3, -0.25) is 0 Å². The number of unbranched alkanes of at least 4 members (excludes halogenated alkanes) is 5. The van der Waals surface area contributed by atoms with Crippen LogP contribution in [0, 0.1) is 0 Å². The highest BCUT2D eigenvalue weighted by Crippen LogP contribution is 2.47. The van der Waals surface area contributed by atoms with Gasteiger partial charge in [-0.25, -0.2) is 19.4 Å². The molecule has 17 heteroatoms. The lowest BCUT2D eigenvalue weighted by Crippen LogP contribution is -2.55. The van der Waals surface area contributed by atoms with Crippen LogP contribution in [0.2, 0.25) is 0 Å². The van der Waals surface area contributed by atoms with Crippen LogP contribution in [0.3, 0.4) is 0 Å². The third kappa shape index (κ3) is 12.0. The smallest absolute Gasteiger partial charge is 0.483 e. The van der Waals surface area contributed by atoms with Gasteiger partial charge in [-0.2, -0.15) is 48.3 Å². The maximum absolute atomic E-state index is 13.5. The summed E-state index contributed by atoms with van der Waals surface area (Å²) in [6.07, 6.45) is -20.9. The Morgan fingerprint density at radius 1 is 0.636 bits per heavy atom. The van der Waals surface area contributed by atoms with Gasteiger partial charge in [0.25, 0.3) is 0 Å². The standard InChI is InChI=1S/C27H31F11N2O4/c1-2-3-4-5-6-7-9-19-16-39-22(40-17-19)20-10-12-21(13-11-20)42-15-8-14-41-18-23(28,29)43-26(35,36)27(37,38)44-25(33,34)24(30,31)32/h10-13,16-17H,2-9,14-15,18H2,1H3. The van der Waals surface area contributed by atoms with E-state index >= 15 is 0 Å². The van der Waals surface area contributed by atoms with Gasteiger partial charge in [0.2, 0.25) is 0 Å². The molecule has 2 rings (SSSR count). The summed E-state index contributed by atoms with van der Waals surface area (Å²) in [7, 11) is 0. The molecule has 0 radical (unpaired) electrons. The van der Waals surface area contributed by atoms with E-state index in [2.05, 4.69) is 26.4 Å². The van der Waals surface area contributed by atoms with E-state index in [-0.39, 0.29) is 13.0 Å². The van der Waals surface area contributed by atoms with E-state index in [0.717, 1.165) is 24.8 Å². The summed E-state index contributed by atoms with van der Waals surface area (Å²) in [6.45, 7) is -0.607. The molecular weight excluding hydrogens is 625 g/mol. The Kier molecular flexibility index (Phi) is 13.6. The number of aromatic nitrogens is 2. The normalized spacial score (nSPS) is 13.4. The third-order valence-corrected chi connectivity index (χ3v) is 5.81. The Labute approximate surface area is 245 Å². The van der Waals surface area contributed by atoms with E-state index in [1.807, 2.05) is 0 Å². The highest BCUT2D eigenvalue weighted by atomic mass is 19.4. The Balaban J connectivity index is 1.72. The second-order valence-corrected chi connectivity index (χ2v) is 9.60. The molecule has 250 valence electrons. The molecule has 0 saturated carbocycles. The second-order valence-electron chi connectivity index (χ2n) is 9.60. The Hall–Kier alpha value is -2.79. The van der Waals surface area contributed by atoms with Gasteiger partial charge in [0.15, 0.2) is 5.82 Å². The van der Waals surface area contributed by atoms with Gasteiger partial charge in [0, 0.05) is 24.4 Å². The van der Waals surface area contributed by atoms with E-state index in [4.69, 9.17) is 4.74 Å². The molecule has 1 heterocycles. The number of hydrogen-bond acceptors (Lipinski definition) is 6. The van der Waals surface area contributed by atoms with E-state index in [0.29, 0.717) is 17.1 Å². The molecule has 0 saturated heterocycles. The van der Waals surface area contributed by atoms with Gasteiger partial charge in [-0.1, -0.05) is 39.0 Å². The van der Waals surface area contributed by atoms with Crippen LogP contribution in [0.1, 0.15) is 57.4 Å². The van der Waals surface area contributed by atoms with Crippen LogP contribution in [0.5, 0.6) is 5.75 Å². The van der Waals surface area contributed by atoms with Gasteiger partial charge in [-0.05, 0) is 42.7 Å². The molecular formula is C27H31F11N2O4. The van der Waals surface area contributed by atoms with Gasteiger partial charge in [-0.15, -0.1) is 0 Å². The Morgan fingerprint density at radius 3 is 1.80 bits per heavy atom. The van der Waals surface area contributed by atoms with Gasteiger partial charge >= 0.3 is 30.6 Å². The van der Waals surface area contributed by atoms with Gasteiger partial charge in [0.1, 0.15) is 12.4 Å². The summed E-state index contributed by atoms with van der Waals surface area (Å²) in [5.41, 5.74) is 1.73. The molecule has 6 nitrogen and oxygen atoms in total. The molecule has 0 aliphatic heterocycles. The number of ether oxygens (including phenoxy) is 4. The van der Waals surface area contributed by atoms with Crippen LogP contribution >= 0.6 is 0 Å². The first-order chi connectivity index (χ1) is 20.4. The second kappa shape index (κ2) is 16.0. The predicted molar refractivity (Wildman–Crippen MR) is 133 cm³/mol. The van der Waals surface area contributed by atoms with E-state index in [1.165, 1.54) is 25.7 Å². The first-order valence-electron chi connectivity index (χ1n) is 13.5. The van der Waals surface area contributed by atoms with Crippen molar-refractivity contribution in [1.82, 2.24) is 9.97 Å². The summed E-state index contributed by atoms with van der Waals surface area (Å²) in [6, 6.07) is 6.52. The first kappa shape index (κ1) is 37.4. The number of aryl methyl sites for hydroxylation is 1. The molecule has 0 aliphatic carbocycles. The molecule has 44 heavy (non-hydrogen) atoms. The number of nitrogens with zero attached hydrogens (tertiary/aromatic N) is 2. The van der Waals surface area contributed by atoms with Crippen LogP contribution in [-0.4, -0.2) is 60.4 Å². The largest absolute Gasteiger partial charge is 0.494 e. The van der Waals surface area contributed by atoms with Crippen LogP contribution < -0.4 is 4.74 Å². The quantitative estimate of drug-likeness (QED) is 0.105. The van der Waals surface area contributed by atoms with E-state index in [9.17, 15) is 48.3 Å². The number of rotatable bonds is 20. The van der Waals surface area contributed by atoms with Crippen LogP contribution in [-0.2, 0) is 20.6 Å². The minimum atomic E-state index is -6.84. The zero-order chi connectivity index (χ0) is 33.1. The molecule has 0 amide bonds. The van der Waals surface area contributed by atoms with Crippen molar-refractivity contribution in [3.8, 4) is 17.1 Å². The zero-order valence-corrected chi connectivity index (χ0v) is 23.4. The summed E-state index contributed by atoms with van der Waals surface area (Å²) in [5.74, 6) is 0.850. The minimum Gasteiger partial charge on any atom is -0.494 e. The lowest BCUT2D eigenvalue weighted by Gasteiger charge is -2.31. The zero-order valence-electron chi connectivity index (χ0n) is 23.4. The van der Waals surface area contributed by atoms with Crippen LogP contribution in [0.25, 0.3) is 11.4 Å². The van der Waals surface area contributed by atoms with E-state index in [1.54, 1.807) is 41.4 Å². The molecule has 1 aromatic heterocycles. The van der Waals surface area contributed by atoms with Crippen molar-refractivity contribution in [3.63, 3.8) is 0 Å². The van der Waals surface area contributed by atoms with Crippen LogP contribution in [0.15, 0.2) is 36.7 Å². The molecule has 1 aromatic carbocycles. The Bertz CT molecular complexity index is 1120. The number of alkyl halides is 11. The lowest BCUT2D eigenvalue weighted by molar-refractivity contribution is -0.537. The molecule has 0 atom stereocenters. The highest BCUT2D eigenvalue weighted by Gasteiger charge is 2.72. The van der Waals surface area contributed by atoms with Crippen molar-refractivity contribution >= 4 is 0 Å². The molecule has 0 N–H and O–H groups in total. The average Bonchev–Trinajstić information content (AvgIpc) is 2.91. The summed E-state index contributed by atoms with van der Waals surface area (Å²) in [5, 5.41) is 0. The molecule has 0 aliphatic rings. The maximum atomic E-state index is 13.5. The van der Waals surface area contributed by atoms with Crippen molar-refractivity contribution in [3.05, 3.63) is 42.2 Å². The minimum absolute atomic E-state index is 0.103. The Morgan fingerprint density at radius 2 is 1.20 bits per heavy atom. The number of hydrogen-bond donors (Lipinski definition) is 0. The van der Waals surface area contributed by atoms with Crippen LogP contribution in [0.4, 0.5) is 48.3 Å². The molecule has 0 bridgehead atoms. The van der Waals surface area contributed by atoms with Crippen molar-refractivity contribution < 1.29 is 67.2 Å². The monoisotopic (exact) mass is 656 g/mol. The fraction of sp³-hybridized carbons (Fsp3) is 0.630. The molecule has 0 fully saturated rings. The van der Waals surface area contributed by atoms with Crippen molar-refractivity contribution in [2.24, 2.45) is 0 Å². The number of halogens is 11.